The molecule has 0 fully saturated rings. The molecule has 0 bridgehead atoms. The van der Waals surface area contributed by atoms with Gasteiger partial charge in [0.1, 0.15) is 28.0 Å². The molecule has 5 N–H and O–H groups in total. The van der Waals surface area contributed by atoms with Gasteiger partial charge < -0.3 is 10.5 Å². The summed E-state index contributed by atoms with van der Waals surface area (Å²) in [5.41, 5.74) is 4.56. The first-order valence-electron chi connectivity index (χ1n) is 9.00. The van der Waals surface area contributed by atoms with E-state index < -0.39 is 49.6 Å². The molecule has 0 amide bonds. The molecule has 0 saturated carbocycles. The number of rotatable bonds is 7. The van der Waals surface area contributed by atoms with Crippen molar-refractivity contribution in [3.05, 3.63) is 83.8 Å². The van der Waals surface area contributed by atoms with E-state index in [1.54, 1.807) is 4.72 Å². The molecule has 13 heteroatoms. The third-order valence-electron chi connectivity index (χ3n) is 4.31. The van der Waals surface area contributed by atoms with Crippen molar-refractivity contribution in [2.24, 2.45) is 11.6 Å². The summed E-state index contributed by atoms with van der Waals surface area (Å²) in [7, 11) is -3.36. The lowest BCUT2D eigenvalue weighted by Gasteiger charge is -2.19. The molecule has 0 atom stereocenters. The molecule has 8 nitrogen and oxygen atoms in total. The maximum absolute atomic E-state index is 15.0. The molecule has 0 aliphatic rings. The maximum atomic E-state index is 15.0. The first kappa shape index (κ1) is 23.8. The summed E-state index contributed by atoms with van der Waals surface area (Å²) < 4.78 is 88.3. The highest BCUT2D eigenvalue weighted by molar-refractivity contribution is 7.92. The number of aromatic nitrogens is 1. The molecule has 33 heavy (non-hydrogen) atoms. The highest BCUT2D eigenvalue weighted by Gasteiger charge is 2.24. The van der Waals surface area contributed by atoms with Crippen LogP contribution in [0.15, 0.2) is 59.9 Å². The van der Waals surface area contributed by atoms with Crippen molar-refractivity contribution >= 4 is 27.1 Å². The van der Waals surface area contributed by atoms with Gasteiger partial charge in [-0.2, -0.15) is 0 Å². The SMILES string of the molecule is COc1cncc(/C(N)=C/N(N)c2c(F)ccc(NS(=O)(=O)c3cc(F)ccc3F)c2F)c1.[HH]. The van der Waals surface area contributed by atoms with E-state index in [1.165, 1.54) is 25.6 Å². The van der Waals surface area contributed by atoms with E-state index in [0.29, 0.717) is 34.5 Å². The molecule has 176 valence electrons. The average molecular weight is 485 g/mol. The molecule has 1 aromatic heterocycles. The second-order valence-corrected chi connectivity index (χ2v) is 8.19. The Labute approximate surface area is 187 Å². The zero-order chi connectivity index (χ0) is 24.3. The van der Waals surface area contributed by atoms with E-state index in [0.717, 1.165) is 18.3 Å². The number of hydrazine groups is 1. The second-order valence-electron chi connectivity index (χ2n) is 6.54. The van der Waals surface area contributed by atoms with Crippen molar-refractivity contribution in [3.8, 4) is 5.75 Å². The number of ether oxygens (including phenoxy) is 1. The van der Waals surface area contributed by atoms with Crippen LogP contribution in [0.3, 0.4) is 0 Å². The van der Waals surface area contributed by atoms with Crippen LogP contribution in [0, 0.1) is 23.3 Å². The smallest absolute Gasteiger partial charge is 0.265 e. The Morgan fingerprint density at radius 2 is 1.82 bits per heavy atom. The predicted octanol–water partition coefficient (Wildman–Crippen LogP) is 3.33. The number of nitrogens with zero attached hydrogens (tertiary/aromatic N) is 2. The second kappa shape index (κ2) is 9.34. The molecule has 1 heterocycles. The first-order chi connectivity index (χ1) is 15.5. The molecule has 0 unspecified atom stereocenters. The maximum Gasteiger partial charge on any atom is 0.265 e. The number of hydrogen-bond acceptors (Lipinski definition) is 7. The van der Waals surface area contributed by atoms with Gasteiger partial charge in [0.05, 0.1) is 24.7 Å². The van der Waals surface area contributed by atoms with Gasteiger partial charge in [0.15, 0.2) is 11.6 Å². The Morgan fingerprint density at radius 1 is 1.12 bits per heavy atom. The van der Waals surface area contributed by atoms with Crippen LogP contribution in [-0.4, -0.2) is 20.5 Å². The average Bonchev–Trinajstić information content (AvgIpc) is 2.77. The van der Waals surface area contributed by atoms with Crippen molar-refractivity contribution in [1.29, 1.82) is 0 Å². The number of halogens is 4. The fraction of sp³-hybridized carbons (Fsp3) is 0.0500. The van der Waals surface area contributed by atoms with Crippen LogP contribution >= 0.6 is 0 Å². The van der Waals surface area contributed by atoms with Crippen molar-refractivity contribution < 1.29 is 32.1 Å². The lowest BCUT2D eigenvalue weighted by atomic mass is 10.2. The molecular formula is C20H19F4N5O3S. The zero-order valence-corrected chi connectivity index (χ0v) is 17.7. The van der Waals surface area contributed by atoms with E-state index in [4.69, 9.17) is 16.3 Å². The number of pyridine rings is 1. The van der Waals surface area contributed by atoms with Crippen molar-refractivity contribution in [3.63, 3.8) is 0 Å². The Morgan fingerprint density at radius 3 is 2.52 bits per heavy atom. The largest absolute Gasteiger partial charge is 0.495 e. The van der Waals surface area contributed by atoms with Crippen LogP contribution in [0.2, 0.25) is 0 Å². The molecule has 0 radical (unpaired) electrons. The highest BCUT2D eigenvalue weighted by Crippen LogP contribution is 2.30. The Kier molecular flexibility index (Phi) is 6.74. The summed E-state index contributed by atoms with van der Waals surface area (Å²) in [6.07, 6.45) is 3.74. The molecule has 2 aromatic carbocycles. The third kappa shape index (κ3) is 5.15. The molecule has 3 aromatic rings. The van der Waals surface area contributed by atoms with Gasteiger partial charge in [-0.1, -0.05) is 0 Å². The number of anilines is 2. The van der Waals surface area contributed by atoms with E-state index >= 15 is 4.39 Å². The van der Waals surface area contributed by atoms with Gasteiger partial charge >= 0.3 is 0 Å². The van der Waals surface area contributed by atoms with Gasteiger partial charge in [-0.15, -0.1) is 0 Å². The van der Waals surface area contributed by atoms with E-state index in [2.05, 4.69) is 4.98 Å². The fourth-order valence-corrected chi connectivity index (χ4v) is 3.87. The highest BCUT2D eigenvalue weighted by atomic mass is 32.2. The fourth-order valence-electron chi connectivity index (χ4n) is 2.72. The van der Waals surface area contributed by atoms with Crippen LogP contribution in [0.4, 0.5) is 28.9 Å². The topological polar surface area (TPSA) is 124 Å². The predicted molar refractivity (Wildman–Crippen MR) is 115 cm³/mol. The van der Waals surface area contributed by atoms with Crippen LogP contribution in [0.1, 0.15) is 6.99 Å². The molecule has 0 spiro atoms. The minimum absolute atomic E-state index is 0. The van der Waals surface area contributed by atoms with Crippen molar-refractivity contribution in [1.82, 2.24) is 4.98 Å². The molecule has 0 aliphatic carbocycles. The van der Waals surface area contributed by atoms with Gasteiger partial charge in [-0.3, -0.25) is 14.7 Å². The van der Waals surface area contributed by atoms with Crippen LogP contribution in [0.5, 0.6) is 5.75 Å². The molecular weight excluding hydrogens is 466 g/mol. The Bertz CT molecular complexity index is 1340. The lowest BCUT2D eigenvalue weighted by Crippen LogP contribution is -2.28. The Balaban J connectivity index is 0.00000408. The summed E-state index contributed by atoms with van der Waals surface area (Å²) in [5, 5.41) is 0.500. The quantitative estimate of drug-likeness (QED) is 0.266. The summed E-state index contributed by atoms with van der Waals surface area (Å²) >= 11 is 0. The summed E-state index contributed by atoms with van der Waals surface area (Å²) in [4.78, 5) is 2.84. The number of nitrogens with one attached hydrogen (secondary N) is 1. The standard InChI is InChI=1S/C20H17F4N5O3S.H2/c1-32-13-6-11(8-27-9-13)16(25)10-29(26)20-15(23)4-5-17(19(20)24)28-33(30,31)18-7-12(21)2-3-14(18)22;/h2-10,28H,25-26H2,1H3;1H/b16-10-;. The molecule has 0 saturated heterocycles. The number of methoxy groups -OCH3 is 1. The van der Waals surface area contributed by atoms with Crippen LogP contribution in [-0.2, 0) is 10.0 Å². The normalized spacial score (nSPS) is 11.9. The number of hydrogen-bond donors (Lipinski definition) is 3. The Hall–Kier alpha value is -3.84. The van der Waals surface area contributed by atoms with Crippen molar-refractivity contribution in [2.45, 2.75) is 4.90 Å². The summed E-state index contributed by atoms with van der Waals surface area (Å²) in [6.45, 7) is 0. The third-order valence-corrected chi connectivity index (χ3v) is 5.69. The van der Waals surface area contributed by atoms with Gasteiger partial charge in [0.25, 0.3) is 10.0 Å². The summed E-state index contributed by atoms with van der Waals surface area (Å²) in [6, 6.07) is 4.72. The van der Waals surface area contributed by atoms with Crippen molar-refractivity contribution in [2.75, 3.05) is 16.8 Å². The monoisotopic (exact) mass is 485 g/mol. The van der Waals surface area contributed by atoms with Crippen LogP contribution < -0.4 is 26.0 Å². The molecule has 0 aliphatic heterocycles. The molecule has 3 rings (SSSR count). The van der Waals surface area contributed by atoms with Gasteiger partial charge in [0, 0.05) is 19.4 Å². The first-order valence-corrected chi connectivity index (χ1v) is 10.5. The van der Waals surface area contributed by atoms with Crippen LogP contribution in [0.25, 0.3) is 5.70 Å². The van der Waals surface area contributed by atoms with Gasteiger partial charge in [-0.05, 0) is 36.4 Å². The van der Waals surface area contributed by atoms with Gasteiger partial charge in [-0.25, -0.2) is 31.8 Å². The van der Waals surface area contributed by atoms with Gasteiger partial charge in [0.2, 0.25) is 0 Å². The number of nitrogens with two attached hydrogens (primary N) is 2. The zero-order valence-electron chi connectivity index (χ0n) is 16.9. The number of benzene rings is 2. The minimum atomic E-state index is -4.77. The minimum Gasteiger partial charge on any atom is -0.495 e. The van der Waals surface area contributed by atoms with E-state index in [9.17, 15) is 21.6 Å². The summed E-state index contributed by atoms with van der Waals surface area (Å²) in [5.74, 6) is 1.24. The van der Waals surface area contributed by atoms with E-state index in [1.807, 2.05) is 0 Å². The lowest BCUT2D eigenvalue weighted by molar-refractivity contribution is 0.412. The number of sulfonamides is 1. The van der Waals surface area contributed by atoms with E-state index in [-0.39, 0.29) is 7.12 Å².